The van der Waals surface area contributed by atoms with Gasteiger partial charge in [0.1, 0.15) is 5.75 Å². The third-order valence-electron chi connectivity index (χ3n) is 5.09. The molecule has 20 heavy (non-hydrogen) atoms. The minimum atomic E-state index is 0.132. The Morgan fingerprint density at radius 1 is 1.20 bits per heavy atom. The van der Waals surface area contributed by atoms with E-state index in [9.17, 15) is 0 Å². The normalized spacial score (nSPS) is 27.1. The largest absolute Gasteiger partial charge is 0.490 e. The number of nitrogens with two attached hydrogens (primary N) is 1. The lowest BCUT2D eigenvalue weighted by atomic mass is 9.65. The molecule has 1 aromatic rings. The topological polar surface area (TPSA) is 35.2 Å². The van der Waals surface area contributed by atoms with Crippen LogP contribution in [-0.4, -0.2) is 6.10 Å². The Bertz CT molecular complexity index is 464. The van der Waals surface area contributed by atoms with Gasteiger partial charge in [-0.15, -0.1) is 0 Å². The lowest BCUT2D eigenvalue weighted by Gasteiger charge is -2.42. The van der Waals surface area contributed by atoms with Gasteiger partial charge >= 0.3 is 0 Å². The molecule has 2 unspecified atom stereocenters. The van der Waals surface area contributed by atoms with E-state index in [0.717, 1.165) is 5.75 Å². The second-order valence-electron chi connectivity index (χ2n) is 7.26. The average Bonchev–Trinajstić information content (AvgIpc) is 3.22. The van der Waals surface area contributed by atoms with Crippen LogP contribution in [0, 0.1) is 11.3 Å². The van der Waals surface area contributed by atoms with Gasteiger partial charge < -0.3 is 10.5 Å². The van der Waals surface area contributed by atoms with Gasteiger partial charge in [-0.2, -0.15) is 0 Å². The predicted molar refractivity (Wildman–Crippen MR) is 82.8 cm³/mol. The summed E-state index contributed by atoms with van der Waals surface area (Å²) < 4.78 is 5.90. The van der Waals surface area contributed by atoms with Gasteiger partial charge in [0.05, 0.1) is 6.10 Å². The molecule has 2 N–H and O–H groups in total. The first kappa shape index (κ1) is 13.9. The maximum absolute atomic E-state index is 6.61. The van der Waals surface area contributed by atoms with Gasteiger partial charge in [0.25, 0.3) is 0 Å². The molecule has 0 bridgehead atoms. The zero-order chi connectivity index (χ0) is 14.2. The zero-order valence-corrected chi connectivity index (χ0v) is 12.8. The van der Waals surface area contributed by atoms with Gasteiger partial charge in [0.2, 0.25) is 0 Å². The van der Waals surface area contributed by atoms with E-state index < -0.39 is 0 Å². The summed E-state index contributed by atoms with van der Waals surface area (Å²) in [5.74, 6) is 1.57. The maximum atomic E-state index is 6.61. The average molecular weight is 273 g/mol. The summed E-state index contributed by atoms with van der Waals surface area (Å²) in [6.45, 7) is 4.75. The molecular weight excluding hydrogens is 246 g/mol. The zero-order valence-electron chi connectivity index (χ0n) is 12.8. The van der Waals surface area contributed by atoms with Crippen LogP contribution in [0.3, 0.4) is 0 Å². The highest BCUT2D eigenvalue weighted by atomic mass is 16.5. The van der Waals surface area contributed by atoms with Crippen molar-refractivity contribution in [1.29, 1.82) is 0 Å². The minimum Gasteiger partial charge on any atom is -0.490 e. The van der Waals surface area contributed by atoms with Crippen molar-refractivity contribution in [2.24, 2.45) is 17.1 Å². The molecule has 1 aromatic carbocycles. The quantitative estimate of drug-likeness (QED) is 0.880. The monoisotopic (exact) mass is 273 g/mol. The summed E-state index contributed by atoms with van der Waals surface area (Å²) in [5.41, 5.74) is 8.20. The number of hydrogen-bond donors (Lipinski definition) is 1. The Morgan fingerprint density at radius 2 is 2.00 bits per heavy atom. The molecular formula is C18H27NO. The molecule has 0 spiro atoms. The van der Waals surface area contributed by atoms with E-state index in [2.05, 4.69) is 38.1 Å². The predicted octanol–water partition coefficient (Wildman–Crippen LogP) is 4.44. The molecule has 2 fully saturated rings. The standard InChI is InChI=1S/C18H27NO/c1-18(2)11-4-3-8-16(18)17(19)13-6-5-7-15(12-13)20-14-9-10-14/h5-7,12,14,16-17H,3-4,8-11,19H2,1-2H3. The number of rotatable bonds is 4. The summed E-state index contributed by atoms with van der Waals surface area (Å²) >= 11 is 0. The molecule has 2 aliphatic rings. The van der Waals surface area contributed by atoms with E-state index in [1.165, 1.54) is 44.1 Å². The third kappa shape index (κ3) is 3.01. The number of hydrogen-bond acceptors (Lipinski definition) is 2. The van der Waals surface area contributed by atoms with Crippen LogP contribution in [0.2, 0.25) is 0 Å². The first-order chi connectivity index (χ1) is 9.56. The van der Waals surface area contributed by atoms with E-state index in [1.54, 1.807) is 0 Å². The van der Waals surface area contributed by atoms with Crippen LogP contribution in [-0.2, 0) is 0 Å². The third-order valence-corrected chi connectivity index (χ3v) is 5.09. The van der Waals surface area contributed by atoms with E-state index in [4.69, 9.17) is 10.5 Å². The molecule has 0 aromatic heterocycles. The Kier molecular flexibility index (Phi) is 3.76. The molecule has 0 radical (unpaired) electrons. The molecule has 2 atom stereocenters. The van der Waals surface area contributed by atoms with Gasteiger partial charge in [0.15, 0.2) is 0 Å². The molecule has 2 saturated carbocycles. The molecule has 110 valence electrons. The first-order valence-corrected chi connectivity index (χ1v) is 8.08. The number of benzene rings is 1. The smallest absolute Gasteiger partial charge is 0.120 e. The highest BCUT2D eigenvalue weighted by molar-refractivity contribution is 5.31. The van der Waals surface area contributed by atoms with Crippen LogP contribution in [0.25, 0.3) is 0 Å². The van der Waals surface area contributed by atoms with Crippen LogP contribution in [0.1, 0.15) is 64.0 Å². The molecule has 2 heteroatoms. The highest BCUT2D eigenvalue weighted by Crippen LogP contribution is 2.46. The van der Waals surface area contributed by atoms with Crippen molar-refractivity contribution in [3.63, 3.8) is 0 Å². The van der Waals surface area contributed by atoms with Crippen molar-refractivity contribution in [3.8, 4) is 5.75 Å². The molecule has 2 aliphatic carbocycles. The Morgan fingerprint density at radius 3 is 2.70 bits per heavy atom. The summed E-state index contributed by atoms with van der Waals surface area (Å²) in [5, 5.41) is 0. The van der Waals surface area contributed by atoms with E-state index in [0.29, 0.717) is 17.4 Å². The Labute approximate surface area is 122 Å². The number of ether oxygens (including phenoxy) is 1. The molecule has 0 heterocycles. The van der Waals surface area contributed by atoms with Gasteiger partial charge in [-0.3, -0.25) is 0 Å². The first-order valence-electron chi connectivity index (χ1n) is 8.08. The second-order valence-corrected chi connectivity index (χ2v) is 7.26. The summed E-state index contributed by atoms with van der Waals surface area (Å²) in [7, 11) is 0. The summed E-state index contributed by atoms with van der Waals surface area (Å²) in [6, 6.07) is 8.60. The SMILES string of the molecule is CC1(C)CCCCC1C(N)c1cccc(OC2CC2)c1. The second kappa shape index (κ2) is 5.40. The van der Waals surface area contributed by atoms with Gasteiger partial charge in [0, 0.05) is 6.04 Å². The van der Waals surface area contributed by atoms with Crippen LogP contribution in [0.15, 0.2) is 24.3 Å². The van der Waals surface area contributed by atoms with Crippen LogP contribution < -0.4 is 10.5 Å². The summed E-state index contributed by atoms with van der Waals surface area (Å²) in [4.78, 5) is 0. The lowest BCUT2D eigenvalue weighted by molar-refractivity contribution is 0.112. The minimum absolute atomic E-state index is 0.132. The maximum Gasteiger partial charge on any atom is 0.120 e. The van der Waals surface area contributed by atoms with Gasteiger partial charge in [-0.1, -0.05) is 38.8 Å². The van der Waals surface area contributed by atoms with E-state index >= 15 is 0 Å². The highest BCUT2D eigenvalue weighted by Gasteiger charge is 2.36. The van der Waals surface area contributed by atoms with Crippen LogP contribution in [0.5, 0.6) is 5.75 Å². The van der Waals surface area contributed by atoms with Crippen LogP contribution >= 0.6 is 0 Å². The van der Waals surface area contributed by atoms with Crippen molar-refractivity contribution >= 4 is 0 Å². The van der Waals surface area contributed by atoms with Crippen molar-refractivity contribution in [1.82, 2.24) is 0 Å². The van der Waals surface area contributed by atoms with Crippen molar-refractivity contribution in [2.45, 2.75) is 64.5 Å². The van der Waals surface area contributed by atoms with Crippen molar-refractivity contribution < 1.29 is 4.74 Å². The van der Waals surface area contributed by atoms with Crippen molar-refractivity contribution in [3.05, 3.63) is 29.8 Å². The Balaban J connectivity index is 1.76. The van der Waals surface area contributed by atoms with Crippen LogP contribution in [0.4, 0.5) is 0 Å². The molecule has 0 amide bonds. The van der Waals surface area contributed by atoms with E-state index in [1.807, 2.05) is 0 Å². The molecule has 3 rings (SSSR count). The van der Waals surface area contributed by atoms with Gasteiger partial charge in [-0.25, -0.2) is 0 Å². The molecule has 0 saturated heterocycles. The fraction of sp³-hybridized carbons (Fsp3) is 0.667. The fourth-order valence-corrected chi connectivity index (χ4v) is 3.59. The van der Waals surface area contributed by atoms with E-state index in [-0.39, 0.29) is 6.04 Å². The summed E-state index contributed by atoms with van der Waals surface area (Å²) in [6.07, 6.45) is 8.07. The molecule has 2 nitrogen and oxygen atoms in total. The fourth-order valence-electron chi connectivity index (χ4n) is 3.59. The lowest BCUT2D eigenvalue weighted by Crippen LogP contribution is -2.36. The van der Waals surface area contributed by atoms with Crippen molar-refractivity contribution in [2.75, 3.05) is 0 Å². The Hall–Kier alpha value is -1.02. The van der Waals surface area contributed by atoms with Gasteiger partial charge in [-0.05, 0) is 54.7 Å². The molecule has 0 aliphatic heterocycles.